The number of hydrogen-bond donors (Lipinski definition) is 0. The molecule has 0 spiro atoms. The van der Waals surface area contributed by atoms with Gasteiger partial charge in [0.25, 0.3) is 5.91 Å². The molecule has 1 fully saturated rings. The van der Waals surface area contributed by atoms with Crippen LogP contribution in [0.2, 0.25) is 10.0 Å². The Kier molecular flexibility index (Phi) is 9.63. The number of rotatable bonds is 6. The number of carbonyl (C=O) groups is 2. The number of anilines is 1. The SMILES string of the molecule is O=C(COc1ccc(Cl)cc1)N1CCCN(Cc2ccc(Cl)cc2)CCCN(C(=O)C2CC2)c2ccccc2C1. The maximum Gasteiger partial charge on any atom is 0.260 e. The zero-order chi connectivity index (χ0) is 27.9. The molecule has 2 amide bonds. The van der Waals surface area contributed by atoms with Gasteiger partial charge in [-0.1, -0.05) is 53.5 Å². The summed E-state index contributed by atoms with van der Waals surface area (Å²) in [5.74, 6) is 0.809. The first-order chi connectivity index (χ1) is 19.5. The van der Waals surface area contributed by atoms with Gasteiger partial charge < -0.3 is 14.5 Å². The molecule has 3 aromatic carbocycles. The molecule has 0 aromatic heterocycles. The van der Waals surface area contributed by atoms with E-state index in [9.17, 15) is 9.59 Å². The van der Waals surface area contributed by atoms with Gasteiger partial charge in [-0.3, -0.25) is 14.5 Å². The van der Waals surface area contributed by atoms with Crippen LogP contribution in [-0.4, -0.2) is 54.4 Å². The molecule has 2 aliphatic rings. The van der Waals surface area contributed by atoms with Crippen LogP contribution < -0.4 is 9.64 Å². The molecule has 1 saturated carbocycles. The van der Waals surface area contributed by atoms with E-state index in [0.29, 0.717) is 30.4 Å². The van der Waals surface area contributed by atoms with E-state index in [-0.39, 0.29) is 24.3 Å². The molecule has 40 heavy (non-hydrogen) atoms. The minimum atomic E-state index is -0.0915. The Labute approximate surface area is 246 Å². The van der Waals surface area contributed by atoms with E-state index in [4.69, 9.17) is 27.9 Å². The summed E-state index contributed by atoms with van der Waals surface area (Å²) >= 11 is 12.1. The number of hydrogen-bond acceptors (Lipinski definition) is 4. The molecule has 0 radical (unpaired) electrons. The first kappa shape index (κ1) is 28.5. The number of halogens is 2. The van der Waals surface area contributed by atoms with Gasteiger partial charge in [-0.25, -0.2) is 0 Å². The molecule has 1 aliphatic heterocycles. The second-order valence-corrected chi connectivity index (χ2v) is 11.4. The largest absolute Gasteiger partial charge is 0.484 e. The van der Waals surface area contributed by atoms with E-state index in [0.717, 1.165) is 61.6 Å². The lowest BCUT2D eigenvalue weighted by Crippen LogP contribution is -2.40. The summed E-state index contributed by atoms with van der Waals surface area (Å²) in [6.45, 7) is 4.07. The second-order valence-electron chi connectivity index (χ2n) is 10.6. The van der Waals surface area contributed by atoms with Crippen LogP contribution in [0.15, 0.2) is 72.8 Å². The summed E-state index contributed by atoms with van der Waals surface area (Å²) in [4.78, 5) is 33.1. The monoisotopic (exact) mass is 579 g/mol. The number of para-hydroxylation sites is 1. The minimum absolute atomic E-state index is 0.0665. The zero-order valence-corrected chi connectivity index (χ0v) is 24.1. The highest BCUT2D eigenvalue weighted by Gasteiger charge is 2.35. The van der Waals surface area contributed by atoms with Gasteiger partial charge in [-0.2, -0.15) is 0 Å². The van der Waals surface area contributed by atoms with Crippen LogP contribution in [0.3, 0.4) is 0 Å². The van der Waals surface area contributed by atoms with E-state index >= 15 is 0 Å². The number of benzene rings is 3. The molecule has 6 nitrogen and oxygen atoms in total. The lowest BCUT2D eigenvalue weighted by molar-refractivity contribution is -0.134. The number of ether oxygens (including phenoxy) is 1. The average molecular weight is 581 g/mol. The van der Waals surface area contributed by atoms with Crippen LogP contribution >= 0.6 is 23.2 Å². The van der Waals surface area contributed by atoms with Crippen LogP contribution in [0.4, 0.5) is 5.69 Å². The Hall–Kier alpha value is -3.06. The normalized spacial score (nSPS) is 16.9. The Morgan fingerprint density at radius 2 is 1.45 bits per heavy atom. The molecule has 0 unspecified atom stereocenters. The summed E-state index contributed by atoms with van der Waals surface area (Å²) in [6.07, 6.45) is 3.60. The van der Waals surface area contributed by atoms with Crippen molar-refractivity contribution in [2.45, 2.75) is 38.8 Å². The highest BCUT2D eigenvalue weighted by atomic mass is 35.5. The van der Waals surface area contributed by atoms with Crippen molar-refractivity contribution >= 4 is 40.7 Å². The first-order valence-electron chi connectivity index (χ1n) is 14.0. The molecule has 0 atom stereocenters. The quantitative estimate of drug-likeness (QED) is 0.337. The highest BCUT2D eigenvalue weighted by molar-refractivity contribution is 6.30. The number of fused-ring (bicyclic) bond motifs is 1. The van der Waals surface area contributed by atoms with Crippen molar-refractivity contribution in [3.05, 3.63) is 94.0 Å². The standard InChI is InChI=1S/C32H35Cl2N3O3/c33-27-11-7-24(8-12-27)21-35-17-3-19-36(31(38)23-40-29-15-13-28(34)14-16-29)22-26-5-1-2-6-30(26)37(20-4-18-35)32(39)25-9-10-25/h1-2,5-8,11-16,25H,3-4,9-10,17-23H2. The molecule has 0 bridgehead atoms. The molecule has 5 rings (SSSR count). The summed E-state index contributed by atoms with van der Waals surface area (Å²) in [5, 5.41) is 1.34. The molecular formula is C32H35Cl2N3O3. The fraction of sp³-hybridized carbons (Fsp3) is 0.375. The molecule has 1 aliphatic carbocycles. The van der Waals surface area contributed by atoms with E-state index in [1.165, 1.54) is 5.56 Å². The van der Waals surface area contributed by atoms with Gasteiger partial charge in [-0.15, -0.1) is 0 Å². The van der Waals surface area contributed by atoms with Crippen molar-refractivity contribution in [2.24, 2.45) is 5.92 Å². The van der Waals surface area contributed by atoms with E-state index < -0.39 is 0 Å². The van der Waals surface area contributed by atoms with Gasteiger partial charge in [0.2, 0.25) is 5.91 Å². The van der Waals surface area contributed by atoms with Gasteiger partial charge >= 0.3 is 0 Å². The molecule has 0 N–H and O–H groups in total. The zero-order valence-electron chi connectivity index (χ0n) is 22.6. The van der Waals surface area contributed by atoms with Gasteiger partial charge in [0, 0.05) is 60.9 Å². The maximum absolute atomic E-state index is 13.5. The molecule has 1 heterocycles. The summed E-state index contributed by atoms with van der Waals surface area (Å²) in [6, 6.07) is 23.0. The van der Waals surface area contributed by atoms with Crippen molar-refractivity contribution in [3.8, 4) is 5.75 Å². The topological polar surface area (TPSA) is 53.1 Å². The number of carbonyl (C=O) groups excluding carboxylic acids is 2. The average Bonchev–Trinajstić information content (AvgIpc) is 3.81. The smallest absolute Gasteiger partial charge is 0.260 e. The summed E-state index contributed by atoms with van der Waals surface area (Å²) in [5.41, 5.74) is 3.08. The van der Waals surface area contributed by atoms with Gasteiger partial charge in [0.15, 0.2) is 6.61 Å². The maximum atomic E-state index is 13.5. The van der Waals surface area contributed by atoms with Crippen molar-refractivity contribution in [2.75, 3.05) is 37.7 Å². The predicted octanol–water partition coefficient (Wildman–Crippen LogP) is 6.44. The second kappa shape index (κ2) is 13.5. The fourth-order valence-electron chi connectivity index (χ4n) is 5.13. The lowest BCUT2D eigenvalue weighted by Gasteiger charge is -2.32. The number of amides is 2. The Bertz CT molecular complexity index is 1300. The van der Waals surface area contributed by atoms with Gasteiger partial charge in [0.1, 0.15) is 5.75 Å². The van der Waals surface area contributed by atoms with Gasteiger partial charge in [-0.05, 0) is 79.3 Å². The summed E-state index contributed by atoms with van der Waals surface area (Å²) in [7, 11) is 0. The van der Waals surface area contributed by atoms with Crippen LogP contribution in [0.5, 0.6) is 5.75 Å². The van der Waals surface area contributed by atoms with E-state index in [2.05, 4.69) is 17.0 Å². The highest BCUT2D eigenvalue weighted by Crippen LogP contribution is 2.34. The van der Waals surface area contributed by atoms with Crippen LogP contribution in [0.25, 0.3) is 0 Å². The van der Waals surface area contributed by atoms with E-state index in [1.54, 1.807) is 24.3 Å². The third-order valence-corrected chi connectivity index (χ3v) is 7.95. The Balaban J connectivity index is 1.37. The van der Waals surface area contributed by atoms with Crippen LogP contribution in [0.1, 0.15) is 36.8 Å². The van der Waals surface area contributed by atoms with Gasteiger partial charge in [0.05, 0.1) is 0 Å². The Morgan fingerprint density at radius 1 is 0.800 bits per heavy atom. The van der Waals surface area contributed by atoms with Crippen molar-refractivity contribution in [1.29, 1.82) is 0 Å². The van der Waals surface area contributed by atoms with Crippen LogP contribution in [-0.2, 0) is 22.7 Å². The van der Waals surface area contributed by atoms with Crippen molar-refractivity contribution in [1.82, 2.24) is 9.80 Å². The molecule has 8 heteroatoms. The molecular weight excluding hydrogens is 545 g/mol. The molecule has 3 aromatic rings. The third-order valence-electron chi connectivity index (χ3n) is 7.44. The van der Waals surface area contributed by atoms with Crippen molar-refractivity contribution in [3.63, 3.8) is 0 Å². The minimum Gasteiger partial charge on any atom is -0.484 e. The van der Waals surface area contributed by atoms with E-state index in [1.807, 2.05) is 46.2 Å². The third kappa shape index (κ3) is 7.78. The molecule has 0 saturated heterocycles. The fourth-order valence-corrected chi connectivity index (χ4v) is 5.38. The number of nitrogens with zero attached hydrogens (tertiary/aromatic N) is 3. The Morgan fingerprint density at radius 3 is 2.15 bits per heavy atom. The van der Waals surface area contributed by atoms with Crippen LogP contribution in [0, 0.1) is 5.92 Å². The first-order valence-corrected chi connectivity index (χ1v) is 14.7. The van der Waals surface area contributed by atoms with Crippen molar-refractivity contribution < 1.29 is 14.3 Å². The summed E-state index contributed by atoms with van der Waals surface area (Å²) < 4.78 is 5.81. The lowest BCUT2D eigenvalue weighted by atomic mass is 10.1. The molecule has 210 valence electrons. The predicted molar refractivity (Wildman–Crippen MR) is 160 cm³/mol.